The monoisotopic (exact) mass is 909 g/mol. The third-order valence-corrected chi connectivity index (χ3v) is 9.47. The van der Waals surface area contributed by atoms with Crippen molar-refractivity contribution >= 4 is 23.2 Å². The average Bonchev–Trinajstić information content (AvgIpc) is 3.94. The molecule has 0 amide bonds. The second-order valence-electron chi connectivity index (χ2n) is 19.2. The number of amidine groups is 2. The first kappa shape index (κ1) is 61.8. The number of hydrogen-bond donors (Lipinski definition) is 9. The lowest BCUT2D eigenvalue weighted by atomic mass is 9.83. The molecular formula is C47H92N18. The van der Waals surface area contributed by atoms with E-state index in [2.05, 4.69) is 75.4 Å². The van der Waals surface area contributed by atoms with Crippen LogP contribution in [-0.2, 0) is 12.0 Å². The van der Waals surface area contributed by atoms with Gasteiger partial charge in [-0.25, -0.2) is 26.8 Å². The first-order valence-corrected chi connectivity index (χ1v) is 23.2. The number of hydrazine groups is 4. The maximum Gasteiger partial charge on any atom is 0.156 e. The fourth-order valence-corrected chi connectivity index (χ4v) is 6.66. The minimum atomic E-state index is -0.533. The molecule has 0 aromatic carbocycles. The summed E-state index contributed by atoms with van der Waals surface area (Å²) in [6, 6.07) is 4.35. The van der Waals surface area contributed by atoms with Gasteiger partial charge in [0.05, 0.1) is 40.6 Å². The molecule has 1 atom stereocenters. The van der Waals surface area contributed by atoms with Crippen molar-refractivity contribution in [3.63, 3.8) is 0 Å². The summed E-state index contributed by atoms with van der Waals surface area (Å²) in [6.45, 7) is 46.4. The van der Waals surface area contributed by atoms with E-state index in [1.165, 1.54) is 5.01 Å². The number of nitrogens with one attached hydrogen (secondary N) is 6. The fraction of sp³-hybridized carbons (Fsp3) is 0.702. The summed E-state index contributed by atoms with van der Waals surface area (Å²) in [7, 11) is 0. The van der Waals surface area contributed by atoms with E-state index >= 15 is 0 Å². The number of rotatable bonds is 11. The zero-order valence-corrected chi connectivity index (χ0v) is 44.9. The smallest absolute Gasteiger partial charge is 0.156 e. The van der Waals surface area contributed by atoms with E-state index in [1.54, 1.807) is 28.4 Å². The van der Waals surface area contributed by atoms with Gasteiger partial charge < -0.3 is 16.6 Å². The predicted molar refractivity (Wildman–Crippen MR) is 272 cm³/mol. The van der Waals surface area contributed by atoms with Crippen molar-refractivity contribution in [2.24, 2.45) is 38.8 Å². The third-order valence-electron chi connectivity index (χ3n) is 9.47. The molecular weight excluding hydrogens is 817 g/mol. The summed E-state index contributed by atoms with van der Waals surface area (Å²) in [5, 5.41) is 53.0. The molecule has 0 bridgehead atoms. The minimum Gasteiger partial charge on any atom is -0.402 e. The van der Waals surface area contributed by atoms with Crippen LogP contribution in [0.2, 0.25) is 0 Å². The lowest BCUT2D eigenvalue weighted by molar-refractivity contribution is 0.209. The molecule has 0 spiro atoms. The Labute approximate surface area is 394 Å². The van der Waals surface area contributed by atoms with Crippen LogP contribution < -0.4 is 39.1 Å². The Balaban J connectivity index is 0. The van der Waals surface area contributed by atoms with Gasteiger partial charge in [-0.15, -0.1) is 0 Å². The first-order valence-electron chi connectivity index (χ1n) is 23.2. The minimum absolute atomic E-state index is 0.00272. The van der Waals surface area contributed by atoms with Crippen molar-refractivity contribution in [1.82, 2.24) is 46.0 Å². The average molecular weight is 909 g/mol. The SMILES string of the molecule is CC.CC.CC.CC.CC(=N)N(CN(C(C)=N)C1=C(N2CN(N)/C(=C(/C#N)CC(C)(C)C)N2)C(C(C)(C)C)NN1)/N=C(\C(CCn1nc(C(C)(C)C)c(C#N)c1NN)=C(\C)N)C(C)(C)C. The maximum atomic E-state index is 10.1. The zero-order valence-electron chi connectivity index (χ0n) is 44.9. The normalized spacial score (nSPS) is 16.2. The van der Waals surface area contributed by atoms with E-state index in [0.717, 1.165) is 11.3 Å². The van der Waals surface area contributed by atoms with Crippen LogP contribution in [0.1, 0.15) is 183 Å². The Bertz CT molecular complexity index is 1900. The van der Waals surface area contributed by atoms with Crippen molar-refractivity contribution in [1.29, 1.82) is 21.3 Å². The van der Waals surface area contributed by atoms with Gasteiger partial charge in [-0.3, -0.25) is 31.2 Å². The Kier molecular flexibility index (Phi) is 25.3. The molecule has 2 aliphatic heterocycles. The second-order valence-corrected chi connectivity index (χ2v) is 19.2. The molecule has 0 radical (unpaired) electrons. The van der Waals surface area contributed by atoms with E-state index in [9.17, 15) is 10.5 Å². The largest absolute Gasteiger partial charge is 0.402 e. The van der Waals surface area contributed by atoms with Crippen LogP contribution in [0.4, 0.5) is 5.82 Å². The highest BCUT2D eigenvalue weighted by Gasteiger charge is 2.43. The molecule has 0 saturated carbocycles. The number of hydrogen-bond acceptors (Lipinski definition) is 15. The maximum absolute atomic E-state index is 10.1. The highest BCUT2D eigenvalue weighted by molar-refractivity contribution is 6.04. The molecule has 12 N–H and O–H groups in total. The van der Waals surface area contributed by atoms with Gasteiger partial charge in [-0.05, 0) is 50.0 Å². The van der Waals surface area contributed by atoms with E-state index in [4.69, 9.17) is 38.4 Å². The summed E-state index contributed by atoms with van der Waals surface area (Å²) < 4.78 is 1.69. The van der Waals surface area contributed by atoms with Gasteiger partial charge in [0.15, 0.2) is 11.6 Å². The molecule has 0 aliphatic carbocycles. The first-order chi connectivity index (χ1) is 30.1. The topological polar surface area (TPSA) is 265 Å². The van der Waals surface area contributed by atoms with Gasteiger partial charge in [0.1, 0.15) is 36.6 Å². The molecule has 370 valence electrons. The predicted octanol–water partition coefficient (Wildman–Crippen LogP) is 8.84. The molecule has 3 rings (SSSR count). The molecule has 18 nitrogen and oxygen atoms in total. The van der Waals surface area contributed by atoms with Gasteiger partial charge in [0, 0.05) is 23.1 Å². The van der Waals surface area contributed by atoms with E-state index < -0.39 is 10.8 Å². The van der Waals surface area contributed by atoms with Crippen molar-refractivity contribution in [2.75, 3.05) is 18.8 Å². The number of hydrazone groups is 1. The number of allylic oxidation sites excluding steroid dienone is 3. The van der Waals surface area contributed by atoms with Crippen LogP contribution in [0.15, 0.2) is 39.3 Å². The van der Waals surface area contributed by atoms with Gasteiger partial charge in [-0.2, -0.15) is 20.7 Å². The van der Waals surface area contributed by atoms with Crippen LogP contribution in [0, 0.1) is 49.7 Å². The quantitative estimate of drug-likeness (QED) is 0.0251. The summed E-state index contributed by atoms with van der Waals surface area (Å²) >= 11 is 0. The molecule has 1 saturated heterocycles. The number of nitriles is 2. The number of nitrogen functional groups attached to an aromatic ring is 1. The second kappa shape index (κ2) is 26.6. The van der Waals surface area contributed by atoms with E-state index in [-0.39, 0.29) is 41.9 Å². The number of anilines is 1. The number of nitrogens with zero attached hydrogens (tertiary/aromatic N) is 9. The molecule has 1 unspecified atom stereocenters. The number of aromatic nitrogens is 2. The standard InChI is InChI=1S/C39H68N18.4C2H6/c1-23(42)27(16-17-55-34(47-45)28(20-41)31(50-55)38(10,11)12)30(37(7,8)9)51-56(25(3)44)21-53(24(2)43)35-29(32(48-49-35)39(13,14)15)57-22-54(46)33(52-57)26(19-40)18-36(4,5)6;4*1-2/h32,43-44,47-49,52H,16-18,21-22,42,45-46H2,1-15H3;4*1-2H3/b27-23-,33-26+,43-24?,44-25?,51-30+;;;;. The van der Waals surface area contributed by atoms with Crippen LogP contribution in [0.3, 0.4) is 0 Å². The van der Waals surface area contributed by atoms with Gasteiger partial charge in [0.25, 0.3) is 0 Å². The van der Waals surface area contributed by atoms with Crippen LogP contribution in [-0.4, -0.2) is 66.5 Å². The van der Waals surface area contributed by atoms with Gasteiger partial charge in [-0.1, -0.05) is 138 Å². The Hall–Kier alpha value is -5.30. The Morgan fingerprint density at radius 2 is 1.45 bits per heavy atom. The summed E-state index contributed by atoms with van der Waals surface area (Å²) in [5.41, 5.74) is 22.4. The fourth-order valence-electron chi connectivity index (χ4n) is 6.66. The highest BCUT2D eigenvalue weighted by atomic mass is 15.7. The van der Waals surface area contributed by atoms with E-state index in [0.29, 0.717) is 65.1 Å². The van der Waals surface area contributed by atoms with Crippen LogP contribution in [0.25, 0.3) is 0 Å². The number of nitrogens with two attached hydrogens (primary N) is 3. The van der Waals surface area contributed by atoms with Gasteiger partial charge in [0.2, 0.25) is 0 Å². The molecule has 1 fully saturated rings. The Morgan fingerprint density at radius 3 is 1.83 bits per heavy atom. The molecule has 1 aromatic heterocycles. The highest BCUT2D eigenvalue weighted by Crippen LogP contribution is 2.36. The molecule has 65 heavy (non-hydrogen) atoms. The molecule has 18 heteroatoms. The molecule has 1 aromatic rings. The summed E-state index contributed by atoms with van der Waals surface area (Å²) in [6.07, 6.45) is 0.929. The van der Waals surface area contributed by atoms with Crippen LogP contribution in [0.5, 0.6) is 0 Å². The lowest BCUT2D eigenvalue weighted by Crippen LogP contribution is -2.46. The number of aryl methyl sites for hydroxylation is 1. The third kappa shape index (κ3) is 16.9. The summed E-state index contributed by atoms with van der Waals surface area (Å²) in [5.74, 6) is 14.3. The summed E-state index contributed by atoms with van der Waals surface area (Å²) in [4.78, 5) is 1.75. The van der Waals surface area contributed by atoms with Crippen LogP contribution >= 0.6 is 0 Å². The Morgan fingerprint density at radius 1 is 0.908 bits per heavy atom. The van der Waals surface area contributed by atoms with E-state index in [1.807, 2.05) is 109 Å². The van der Waals surface area contributed by atoms with Crippen molar-refractivity contribution in [2.45, 2.75) is 190 Å². The molecule has 3 heterocycles. The van der Waals surface area contributed by atoms with Gasteiger partial charge >= 0.3 is 0 Å². The van der Waals surface area contributed by atoms with Crippen molar-refractivity contribution in [3.8, 4) is 12.1 Å². The molecule has 2 aliphatic rings. The lowest BCUT2D eigenvalue weighted by Gasteiger charge is -2.35. The van der Waals surface area contributed by atoms with Crippen molar-refractivity contribution in [3.05, 3.63) is 45.4 Å². The van der Waals surface area contributed by atoms with Crippen molar-refractivity contribution < 1.29 is 0 Å². The zero-order chi connectivity index (χ0) is 51.6.